The van der Waals surface area contributed by atoms with Crippen LogP contribution in [0.25, 0.3) is 20.8 Å². The van der Waals surface area contributed by atoms with E-state index in [9.17, 15) is 8.78 Å². The maximum Gasteiger partial charge on any atom is 0.136 e. The van der Waals surface area contributed by atoms with Gasteiger partial charge in [0, 0.05) is 18.8 Å². The van der Waals surface area contributed by atoms with Crippen molar-refractivity contribution in [1.82, 2.24) is 9.88 Å². The lowest BCUT2D eigenvalue weighted by Crippen LogP contribution is -2.25. The minimum absolute atomic E-state index is 0.0488. The summed E-state index contributed by atoms with van der Waals surface area (Å²) in [5, 5.41) is 3.79. The summed E-state index contributed by atoms with van der Waals surface area (Å²) in [6.07, 6.45) is 2.58. The largest absolute Gasteiger partial charge is 0.384 e. The molecule has 1 fully saturated rings. The molecule has 0 spiro atoms. The summed E-state index contributed by atoms with van der Waals surface area (Å²) >= 11 is 1.30. The zero-order valence-electron chi connectivity index (χ0n) is 13.8. The van der Waals surface area contributed by atoms with Crippen LogP contribution < -0.4 is 5.32 Å². The van der Waals surface area contributed by atoms with Crippen LogP contribution in [0.5, 0.6) is 0 Å². The lowest BCUT2D eigenvalue weighted by atomic mass is 10.2. The van der Waals surface area contributed by atoms with E-state index in [1.165, 1.54) is 55.5 Å². The molecule has 1 aliphatic rings. The van der Waals surface area contributed by atoms with Gasteiger partial charge < -0.3 is 10.2 Å². The normalized spacial score (nSPS) is 15.1. The topological polar surface area (TPSA) is 28.2 Å². The van der Waals surface area contributed by atoms with Crippen molar-refractivity contribution in [2.24, 2.45) is 0 Å². The van der Waals surface area contributed by atoms with Gasteiger partial charge in [-0.25, -0.2) is 13.8 Å². The lowest BCUT2D eigenvalue weighted by Gasteiger charge is -2.15. The van der Waals surface area contributed by atoms with E-state index in [2.05, 4.69) is 15.2 Å². The van der Waals surface area contributed by atoms with E-state index >= 15 is 0 Å². The number of hydrogen-bond acceptors (Lipinski definition) is 4. The van der Waals surface area contributed by atoms with Crippen LogP contribution in [0.4, 0.5) is 14.5 Å². The number of aromatic nitrogens is 1. The predicted octanol–water partition coefficient (Wildman–Crippen LogP) is 4.75. The van der Waals surface area contributed by atoms with Crippen LogP contribution in [0.1, 0.15) is 12.8 Å². The molecule has 130 valence electrons. The van der Waals surface area contributed by atoms with E-state index in [4.69, 9.17) is 0 Å². The molecule has 1 aromatic heterocycles. The second-order valence-corrected chi connectivity index (χ2v) is 7.30. The molecule has 0 saturated carbocycles. The fourth-order valence-corrected chi connectivity index (χ4v) is 4.21. The Bertz CT molecular complexity index is 867. The highest BCUT2D eigenvalue weighted by molar-refractivity contribution is 7.21. The zero-order chi connectivity index (χ0) is 17.2. The van der Waals surface area contributed by atoms with E-state index in [0.29, 0.717) is 5.01 Å². The Hall–Kier alpha value is -2.05. The summed E-state index contributed by atoms with van der Waals surface area (Å²) in [5.74, 6) is -1.16. The van der Waals surface area contributed by atoms with E-state index in [1.807, 2.05) is 18.2 Å². The summed E-state index contributed by atoms with van der Waals surface area (Å²) in [4.78, 5) is 6.89. The first kappa shape index (κ1) is 16.4. The number of nitrogens with zero attached hydrogens (tertiary/aromatic N) is 2. The van der Waals surface area contributed by atoms with Crippen LogP contribution >= 0.6 is 11.3 Å². The number of likely N-dealkylation sites (tertiary alicyclic amines) is 1. The van der Waals surface area contributed by atoms with E-state index in [-0.39, 0.29) is 5.56 Å². The van der Waals surface area contributed by atoms with Crippen molar-refractivity contribution in [2.75, 3.05) is 31.5 Å². The standard InChI is InChI=1S/C19H19F2N3S/c20-14-4-3-5-15(21)18(14)19-23-16-12-13(6-7-17(16)25-19)22-8-11-24-9-1-2-10-24/h3-7,12,22H,1-2,8-11H2. The van der Waals surface area contributed by atoms with Crippen LogP contribution in [0, 0.1) is 11.6 Å². The third-order valence-electron chi connectivity index (χ3n) is 4.52. The van der Waals surface area contributed by atoms with Crippen molar-refractivity contribution in [1.29, 1.82) is 0 Å². The van der Waals surface area contributed by atoms with Gasteiger partial charge in [0.1, 0.15) is 16.6 Å². The number of thiazole rings is 1. The molecule has 6 heteroatoms. The van der Waals surface area contributed by atoms with Crippen LogP contribution in [0.2, 0.25) is 0 Å². The lowest BCUT2D eigenvalue weighted by molar-refractivity contribution is 0.352. The molecule has 0 amide bonds. The van der Waals surface area contributed by atoms with Crippen LogP contribution in [0.15, 0.2) is 36.4 Å². The van der Waals surface area contributed by atoms with Crippen molar-refractivity contribution in [3.63, 3.8) is 0 Å². The molecule has 0 unspecified atom stereocenters. The molecule has 0 atom stereocenters. The number of nitrogens with one attached hydrogen (secondary N) is 1. The third-order valence-corrected chi connectivity index (χ3v) is 5.57. The highest BCUT2D eigenvalue weighted by Gasteiger charge is 2.16. The van der Waals surface area contributed by atoms with Crippen LogP contribution in [0.3, 0.4) is 0 Å². The first-order chi connectivity index (χ1) is 12.2. The van der Waals surface area contributed by atoms with Crippen molar-refractivity contribution >= 4 is 27.2 Å². The number of fused-ring (bicyclic) bond motifs is 1. The first-order valence-corrected chi connectivity index (χ1v) is 9.33. The number of hydrogen-bond donors (Lipinski definition) is 1. The molecule has 25 heavy (non-hydrogen) atoms. The fourth-order valence-electron chi connectivity index (χ4n) is 3.21. The van der Waals surface area contributed by atoms with Crippen molar-refractivity contribution in [2.45, 2.75) is 12.8 Å². The summed E-state index contributed by atoms with van der Waals surface area (Å²) < 4.78 is 28.9. The Morgan fingerprint density at radius 3 is 2.60 bits per heavy atom. The molecule has 1 aliphatic heterocycles. The summed E-state index contributed by atoms with van der Waals surface area (Å²) in [5.41, 5.74) is 1.69. The van der Waals surface area contributed by atoms with Gasteiger partial charge in [-0.1, -0.05) is 6.07 Å². The van der Waals surface area contributed by atoms with Gasteiger partial charge in [-0.05, 0) is 56.3 Å². The first-order valence-electron chi connectivity index (χ1n) is 8.52. The summed E-state index contributed by atoms with van der Waals surface area (Å²) in [6, 6.07) is 9.77. The quantitative estimate of drug-likeness (QED) is 0.713. The van der Waals surface area contributed by atoms with E-state index in [0.717, 1.165) is 29.0 Å². The molecule has 2 heterocycles. The molecule has 0 bridgehead atoms. The van der Waals surface area contributed by atoms with Gasteiger partial charge in [0.25, 0.3) is 0 Å². The molecule has 0 aliphatic carbocycles. The predicted molar refractivity (Wildman–Crippen MR) is 99.1 cm³/mol. The molecule has 3 nitrogen and oxygen atoms in total. The Morgan fingerprint density at radius 1 is 1.08 bits per heavy atom. The van der Waals surface area contributed by atoms with Gasteiger partial charge in [0.15, 0.2) is 0 Å². The molecule has 1 saturated heterocycles. The smallest absolute Gasteiger partial charge is 0.136 e. The maximum atomic E-state index is 14.0. The zero-order valence-corrected chi connectivity index (χ0v) is 14.6. The van der Waals surface area contributed by atoms with Crippen molar-refractivity contribution in [3.8, 4) is 10.6 Å². The number of anilines is 1. The Labute approximate surface area is 149 Å². The molecule has 2 aromatic carbocycles. The highest BCUT2D eigenvalue weighted by Crippen LogP contribution is 2.34. The van der Waals surface area contributed by atoms with Crippen LogP contribution in [-0.4, -0.2) is 36.1 Å². The number of rotatable bonds is 5. The molecule has 1 N–H and O–H groups in total. The Balaban J connectivity index is 1.53. The number of halogens is 2. The third kappa shape index (κ3) is 3.50. The Kier molecular flexibility index (Phi) is 4.63. The van der Waals surface area contributed by atoms with E-state index in [1.54, 1.807) is 0 Å². The highest BCUT2D eigenvalue weighted by atomic mass is 32.1. The van der Waals surface area contributed by atoms with Crippen LogP contribution in [-0.2, 0) is 0 Å². The molecule has 0 radical (unpaired) electrons. The van der Waals surface area contributed by atoms with Gasteiger partial charge in [-0.2, -0.15) is 0 Å². The van der Waals surface area contributed by atoms with Gasteiger partial charge in [0.2, 0.25) is 0 Å². The molecule has 4 rings (SSSR count). The maximum absolute atomic E-state index is 14.0. The average molecular weight is 359 g/mol. The fraction of sp³-hybridized carbons (Fsp3) is 0.316. The SMILES string of the molecule is Fc1cccc(F)c1-c1nc2cc(NCCN3CCCC3)ccc2s1. The molecule has 3 aromatic rings. The van der Waals surface area contributed by atoms with Gasteiger partial charge >= 0.3 is 0 Å². The Morgan fingerprint density at radius 2 is 1.84 bits per heavy atom. The molecular formula is C19H19F2N3S. The van der Waals surface area contributed by atoms with Crippen molar-refractivity contribution in [3.05, 3.63) is 48.0 Å². The second-order valence-electron chi connectivity index (χ2n) is 6.27. The minimum atomic E-state index is -0.581. The van der Waals surface area contributed by atoms with E-state index < -0.39 is 11.6 Å². The van der Waals surface area contributed by atoms with Crippen molar-refractivity contribution < 1.29 is 8.78 Å². The monoisotopic (exact) mass is 359 g/mol. The minimum Gasteiger partial charge on any atom is -0.384 e. The van der Waals surface area contributed by atoms with Gasteiger partial charge in [-0.15, -0.1) is 11.3 Å². The summed E-state index contributed by atoms with van der Waals surface area (Å²) in [6.45, 7) is 4.28. The average Bonchev–Trinajstić information content (AvgIpc) is 3.23. The van der Waals surface area contributed by atoms with Gasteiger partial charge in [0.05, 0.1) is 15.8 Å². The van der Waals surface area contributed by atoms with Gasteiger partial charge in [-0.3, -0.25) is 0 Å². The number of benzene rings is 2. The second kappa shape index (κ2) is 7.06. The molecular weight excluding hydrogens is 340 g/mol. The summed E-state index contributed by atoms with van der Waals surface area (Å²) in [7, 11) is 0.